The first kappa shape index (κ1) is 9.22. The Morgan fingerprint density at radius 1 is 1.58 bits per heavy atom. The molecular formula is C8H14N2O2. The van der Waals surface area contributed by atoms with E-state index in [1.807, 2.05) is 6.92 Å². The van der Waals surface area contributed by atoms with Crippen molar-refractivity contribution < 1.29 is 10.2 Å². The average molecular weight is 170 g/mol. The van der Waals surface area contributed by atoms with Crippen molar-refractivity contribution in [2.75, 3.05) is 0 Å². The zero-order chi connectivity index (χ0) is 9.14. The van der Waals surface area contributed by atoms with Crippen LogP contribution >= 0.6 is 0 Å². The second-order valence-corrected chi connectivity index (χ2v) is 2.83. The summed E-state index contributed by atoms with van der Waals surface area (Å²) >= 11 is 0. The van der Waals surface area contributed by atoms with Gasteiger partial charge in [-0.05, 0) is 12.5 Å². The molecule has 0 saturated carbocycles. The molecule has 4 nitrogen and oxygen atoms in total. The number of hydrogen-bond acceptors (Lipinski definition) is 3. The minimum Gasteiger partial charge on any atom is -0.390 e. The molecule has 1 aromatic heterocycles. The lowest BCUT2D eigenvalue weighted by molar-refractivity contribution is 0.0136. The van der Waals surface area contributed by atoms with E-state index >= 15 is 0 Å². The molecular weight excluding hydrogens is 156 g/mol. The summed E-state index contributed by atoms with van der Waals surface area (Å²) in [4.78, 5) is 0. The zero-order valence-corrected chi connectivity index (χ0v) is 7.31. The van der Waals surface area contributed by atoms with E-state index in [1.54, 1.807) is 24.0 Å². The van der Waals surface area contributed by atoms with Gasteiger partial charge < -0.3 is 10.2 Å². The highest BCUT2D eigenvalue weighted by Gasteiger charge is 2.18. The molecule has 0 aromatic carbocycles. The predicted molar refractivity (Wildman–Crippen MR) is 44.5 cm³/mol. The lowest BCUT2D eigenvalue weighted by Gasteiger charge is -2.12. The smallest absolute Gasteiger partial charge is 0.124 e. The molecule has 1 heterocycles. The first-order valence-corrected chi connectivity index (χ1v) is 4.00. The van der Waals surface area contributed by atoms with Crippen molar-refractivity contribution in [3.8, 4) is 0 Å². The largest absolute Gasteiger partial charge is 0.390 e. The fourth-order valence-corrected chi connectivity index (χ4v) is 1.01. The third-order valence-electron chi connectivity index (χ3n) is 1.82. The van der Waals surface area contributed by atoms with E-state index in [2.05, 4.69) is 5.10 Å². The molecule has 0 radical (unpaired) electrons. The van der Waals surface area contributed by atoms with E-state index in [1.165, 1.54) is 0 Å². The lowest BCUT2D eigenvalue weighted by atomic mass is 10.1. The number of aliphatic hydroxyl groups is 2. The van der Waals surface area contributed by atoms with E-state index < -0.39 is 12.2 Å². The summed E-state index contributed by atoms with van der Waals surface area (Å²) in [6.07, 6.45) is 0.676. The third-order valence-corrected chi connectivity index (χ3v) is 1.82. The van der Waals surface area contributed by atoms with E-state index in [4.69, 9.17) is 0 Å². The van der Waals surface area contributed by atoms with Crippen LogP contribution in [-0.2, 0) is 7.05 Å². The van der Waals surface area contributed by atoms with Gasteiger partial charge in [-0.15, -0.1) is 0 Å². The highest BCUT2D eigenvalue weighted by molar-refractivity contribution is 5.04. The second kappa shape index (κ2) is 3.69. The van der Waals surface area contributed by atoms with Crippen LogP contribution in [0.3, 0.4) is 0 Å². The van der Waals surface area contributed by atoms with Gasteiger partial charge in [-0.2, -0.15) is 5.10 Å². The van der Waals surface area contributed by atoms with E-state index in [0.29, 0.717) is 12.1 Å². The number of aliphatic hydroxyl groups excluding tert-OH is 2. The molecule has 0 aliphatic carbocycles. The standard InChI is InChI=1S/C8H14N2O2/c1-3-7(11)8(12)6-4-5-10(2)9-6/h4-5,7-8,11-12H,3H2,1-2H3. The van der Waals surface area contributed by atoms with Crippen LogP contribution < -0.4 is 0 Å². The lowest BCUT2D eigenvalue weighted by Crippen LogP contribution is -2.17. The van der Waals surface area contributed by atoms with E-state index in [9.17, 15) is 10.2 Å². The molecule has 2 unspecified atom stereocenters. The second-order valence-electron chi connectivity index (χ2n) is 2.83. The van der Waals surface area contributed by atoms with Crippen molar-refractivity contribution in [3.05, 3.63) is 18.0 Å². The average Bonchev–Trinajstić information content (AvgIpc) is 2.49. The Kier molecular flexibility index (Phi) is 2.83. The van der Waals surface area contributed by atoms with Crippen LogP contribution in [0.1, 0.15) is 25.1 Å². The maximum Gasteiger partial charge on any atom is 0.124 e. The summed E-state index contributed by atoms with van der Waals surface area (Å²) in [5.41, 5.74) is 0.520. The Morgan fingerprint density at radius 3 is 2.67 bits per heavy atom. The Hall–Kier alpha value is -0.870. The molecule has 12 heavy (non-hydrogen) atoms. The molecule has 0 spiro atoms. The number of aromatic nitrogens is 2. The summed E-state index contributed by atoms with van der Waals surface area (Å²) in [6, 6.07) is 1.70. The van der Waals surface area contributed by atoms with Gasteiger partial charge in [0, 0.05) is 13.2 Å². The summed E-state index contributed by atoms with van der Waals surface area (Å²) in [6.45, 7) is 1.82. The molecule has 0 bridgehead atoms. The fourth-order valence-electron chi connectivity index (χ4n) is 1.01. The van der Waals surface area contributed by atoms with Crippen molar-refractivity contribution in [1.29, 1.82) is 0 Å². The molecule has 1 aromatic rings. The van der Waals surface area contributed by atoms with Gasteiger partial charge in [0.15, 0.2) is 0 Å². The molecule has 1 rings (SSSR count). The SMILES string of the molecule is CCC(O)C(O)c1ccn(C)n1. The maximum atomic E-state index is 9.48. The normalized spacial score (nSPS) is 16.0. The van der Waals surface area contributed by atoms with Crippen LogP contribution in [0.4, 0.5) is 0 Å². The maximum absolute atomic E-state index is 9.48. The number of hydrogen-bond donors (Lipinski definition) is 2. The Labute approximate surface area is 71.5 Å². The van der Waals surface area contributed by atoms with Gasteiger partial charge in [0.1, 0.15) is 6.10 Å². The molecule has 2 atom stereocenters. The Bertz CT molecular complexity index is 247. The first-order valence-electron chi connectivity index (χ1n) is 4.00. The minimum absolute atomic E-state index is 0.520. The van der Waals surface area contributed by atoms with Crippen molar-refractivity contribution >= 4 is 0 Å². The number of aryl methyl sites for hydroxylation is 1. The van der Waals surface area contributed by atoms with Gasteiger partial charge in [0.2, 0.25) is 0 Å². The molecule has 0 fully saturated rings. The van der Waals surface area contributed by atoms with Crippen molar-refractivity contribution in [1.82, 2.24) is 9.78 Å². The molecule has 0 saturated heterocycles. The van der Waals surface area contributed by atoms with Crippen molar-refractivity contribution in [3.63, 3.8) is 0 Å². The Balaban J connectivity index is 2.70. The van der Waals surface area contributed by atoms with Crippen molar-refractivity contribution in [2.45, 2.75) is 25.6 Å². The third kappa shape index (κ3) is 1.84. The van der Waals surface area contributed by atoms with Crippen LogP contribution in [0, 0.1) is 0 Å². The molecule has 0 aliphatic rings. The molecule has 2 N–H and O–H groups in total. The van der Waals surface area contributed by atoms with Crippen LogP contribution in [0.2, 0.25) is 0 Å². The quantitative estimate of drug-likeness (QED) is 0.682. The predicted octanol–water partition coefficient (Wildman–Crippen LogP) is 0.224. The van der Waals surface area contributed by atoms with Gasteiger partial charge in [0.25, 0.3) is 0 Å². The van der Waals surface area contributed by atoms with E-state index in [-0.39, 0.29) is 0 Å². The number of nitrogens with zero attached hydrogens (tertiary/aromatic N) is 2. The monoisotopic (exact) mass is 170 g/mol. The van der Waals surface area contributed by atoms with Gasteiger partial charge in [-0.25, -0.2) is 0 Å². The van der Waals surface area contributed by atoms with Gasteiger partial charge in [-0.3, -0.25) is 4.68 Å². The highest BCUT2D eigenvalue weighted by Crippen LogP contribution is 2.15. The highest BCUT2D eigenvalue weighted by atomic mass is 16.3. The van der Waals surface area contributed by atoms with Gasteiger partial charge in [-0.1, -0.05) is 6.92 Å². The summed E-state index contributed by atoms with van der Waals surface area (Å²) in [7, 11) is 1.77. The summed E-state index contributed by atoms with van der Waals surface area (Å²) in [5.74, 6) is 0. The summed E-state index contributed by atoms with van der Waals surface area (Å²) in [5, 5.41) is 22.8. The van der Waals surface area contributed by atoms with Crippen molar-refractivity contribution in [2.24, 2.45) is 7.05 Å². The van der Waals surface area contributed by atoms with Gasteiger partial charge >= 0.3 is 0 Å². The molecule has 4 heteroatoms. The van der Waals surface area contributed by atoms with Crippen LogP contribution in [0.5, 0.6) is 0 Å². The van der Waals surface area contributed by atoms with Crippen LogP contribution in [0.25, 0.3) is 0 Å². The molecule has 68 valence electrons. The zero-order valence-electron chi connectivity index (χ0n) is 7.31. The fraction of sp³-hybridized carbons (Fsp3) is 0.625. The topological polar surface area (TPSA) is 58.3 Å². The number of rotatable bonds is 3. The molecule has 0 aliphatic heterocycles. The van der Waals surface area contributed by atoms with Crippen LogP contribution in [-0.4, -0.2) is 26.1 Å². The minimum atomic E-state index is -0.865. The van der Waals surface area contributed by atoms with Gasteiger partial charge in [0.05, 0.1) is 11.8 Å². The summed E-state index contributed by atoms with van der Waals surface area (Å²) < 4.78 is 1.60. The van der Waals surface area contributed by atoms with E-state index in [0.717, 1.165) is 0 Å². The molecule has 0 amide bonds. The van der Waals surface area contributed by atoms with Crippen LogP contribution in [0.15, 0.2) is 12.3 Å². The first-order chi connectivity index (χ1) is 5.65. The Morgan fingerprint density at radius 2 is 2.25 bits per heavy atom.